The van der Waals surface area contributed by atoms with Gasteiger partial charge in [0, 0.05) is 12.1 Å². The van der Waals surface area contributed by atoms with E-state index in [0.29, 0.717) is 5.02 Å². The van der Waals surface area contributed by atoms with Crippen LogP contribution >= 0.6 is 11.6 Å². The zero-order valence-electron chi connectivity index (χ0n) is 13.8. The molecule has 2 aliphatic heterocycles. The van der Waals surface area contributed by atoms with Gasteiger partial charge in [-0.15, -0.1) is 0 Å². The third-order valence-electron chi connectivity index (χ3n) is 4.84. The number of rotatable bonds is 2. The molecular weight excluding hydrogens is 340 g/mol. The summed E-state index contributed by atoms with van der Waals surface area (Å²) in [4.78, 5) is 32.1. The van der Waals surface area contributed by atoms with E-state index in [1.54, 1.807) is 17.2 Å². The zero-order chi connectivity index (χ0) is 17.7. The summed E-state index contributed by atoms with van der Waals surface area (Å²) in [7, 11) is 1.51. The van der Waals surface area contributed by atoms with E-state index in [-0.39, 0.29) is 17.9 Å². The van der Waals surface area contributed by atoms with E-state index in [0.717, 1.165) is 21.7 Å². The molecule has 4 rings (SSSR count). The van der Waals surface area contributed by atoms with Gasteiger partial charge in [0.25, 0.3) is 5.91 Å². The van der Waals surface area contributed by atoms with Crippen LogP contribution in [-0.4, -0.2) is 29.9 Å². The van der Waals surface area contributed by atoms with Gasteiger partial charge in [-0.1, -0.05) is 41.4 Å². The Bertz CT molecular complexity index is 835. The Kier molecular flexibility index (Phi) is 3.78. The Morgan fingerprint density at radius 3 is 2.24 bits per heavy atom. The molecule has 0 aliphatic carbocycles. The number of hydrogen-bond donors (Lipinski definition) is 0. The summed E-state index contributed by atoms with van der Waals surface area (Å²) in [6, 6.07) is 14.7. The quantitative estimate of drug-likeness (QED) is 0.776. The summed E-state index contributed by atoms with van der Waals surface area (Å²) in [5.74, 6) is -1.07. The van der Waals surface area contributed by atoms with Crippen LogP contribution < -0.4 is 5.06 Å². The highest BCUT2D eigenvalue weighted by molar-refractivity contribution is 6.30. The first-order chi connectivity index (χ1) is 12.0. The molecule has 0 spiro atoms. The smallest absolute Gasteiger partial charge is 0.261 e. The number of anilines is 1. The van der Waals surface area contributed by atoms with Crippen LogP contribution in [0.2, 0.25) is 5.02 Å². The standard InChI is InChI=1S/C19H17ClN2O3/c1-11-3-5-12(6-4-11)16-15-17(19(24)21(2)18(15)23)25-22(16)14-9-7-13(20)8-10-14/h3-10,15-17H,1-2H3. The minimum atomic E-state index is -0.792. The van der Waals surface area contributed by atoms with Crippen LogP contribution in [-0.2, 0) is 14.4 Å². The van der Waals surface area contributed by atoms with Gasteiger partial charge in [-0.05, 0) is 36.8 Å². The molecule has 2 aromatic carbocycles. The van der Waals surface area contributed by atoms with Gasteiger partial charge in [-0.3, -0.25) is 19.3 Å². The maximum absolute atomic E-state index is 12.7. The molecule has 0 radical (unpaired) electrons. The Morgan fingerprint density at radius 2 is 1.60 bits per heavy atom. The number of hydrogen-bond acceptors (Lipinski definition) is 4. The number of nitrogens with zero attached hydrogens (tertiary/aromatic N) is 2. The van der Waals surface area contributed by atoms with Gasteiger partial charge in [-0.25, -0.2) is 5.06 Å². The molecule has 0 bridgehead atoms. The number of amides is 2. The number of aryl methyl sites for hydroxylation is 1. The van der Waals surface area contributed by atoms with E-state index < -0.39 is 12.0 Å². The average Bonchev–Trinajstić information content (AvgIpc) is 3.09. The SMILES string of the molecule is Cc1ccc(C2C3C(=O)N(C)C(=O)C3ON2c2ccc(Cl)cc2)cc1. The van der Waals surface area contributed by atoms with Gasteiger partial charge >= 0.3 is 0 Å². The first-order valence-electron chi connectivity index (χ1n) is 8.07. The molecule has 2 saturated heterocycles. The summed E-state index contributed by atoms with van der Waals surface area (Å²) < 4.78 is 0. The van der Waals surface area contributed by atoms with Gasteiger partial charge in [0.15, 0.2) is 6.10 Å². The second kappa shape index (κ2) is 5.86. The van der Waals surface area contributed by atoms with Crippen LogP contribution in [0.1, 0.15) is 17.2 Å². The molecule has 2 amide bonds. The normalized spacial score (nSPS) is 25.6. The van der Waals surface area contributed by atoms with Crippen LogP contribution in [0.25, 0.3) is 0 Å². The van der Waals surface area contributed by atoms with Crippen LogP contribution in [0.4, 0.5) is 5.69 Å². The maximum Gasteiger partial charge on any atom is 0.261 e. The van der Waals surface area contributed by atoms with Crippen molar-refractivity contribution in [2.45, 2.75) is 19.1 Å². The Labute approximate surface area is 150 Å². The van der Waals surface area contributed by atoms with Gasteiger partial charge in [0.05, 0.1) is 11.7 Å². The van der Waals surface area contributed by atoms with E-state index in [9.17, 15) is 9.59 Å². The van der Waals surface area contributed by atoms with Gasteiger partial charge < -0.3 is 0 Å². The maximum atomic E-state index is 12.7. The summed E-state index contributed by atoms with van der Waals surface area (Å²) >= 11 is 5.98. The van der Waals surface area contributed by atoms with Crippen molar-refractivity contribution in [3.63, 3.8) is 0 Å². The molecule has 0 N–H and O–H groups in total. The molecule has 2 fully saturated rings. The van der Waals surface area contributed by atoms with Gasteiger partial charge in [0.1, 0.15) is 5.92 Å². The van der Waals surface area contributed by atoms with Crippen molar-refractivity contribution in [3.05, 3.63) is 64.7 Å². The number of halogens is 1. The lowest BCUT2D eigenvalue weighted by atomic mass is 9.90. The van der Waals surface area contributed by atoms with E-state index >= 15 is 0 Å². The van der Waals surface area contributed by atoms with E-state index in [2.05, 4.69) is 0 Å². The van der Waals surface area contributed by atoms with Crippen molar-refractivity contribution in [2.75, 3.05) is 12.1 Å². The number of likely N-dealkylation sites (tertiary alicyclic amines) is 1. The zero-order valence-corrected chi connectivity index (χ0v) is 14.6. The topological polar surface area (TPSA) is 49.9 Å². The fourth-order valence-electron chi connectivity index (χ4n) is 3.47. The fourth-order valence-corrected chi connectivity index (χ4v) is 3.59. The van der Waals surface area contributed by atoms with Gasteiger partial charge in [0.2, 0.25) is 5.91 Å². The summed E-state index contributed by atoms with van der Waals surface area (Å²) in [5, 5.41) is 2.28. The lowest BCUT2D eigenvalue weighted by Gasteiger charge is -2.28. The third-order valence-corrected chi connectivity index (χ3v) is 5.09. The second-order valence-corrected chi connectivity index (χ2v) is 6.88. The molecule has 0 saturated carbocycles. The van der Waals surface area contributed by atoms with E-state index in [1.807, 2.05) is 43.3 Å². The number of benzene rings is 2. The number of carbonyl (C=O) groups is 2. The van der Waals surface area contributed by atoms with Crippen LogP contribution in [0, 0.1) is 12.8 Å². The molecule has 128 valence electrons. The molecule has 25 heavy (non-hydrogen) atoms. The molecule has 0 aromatic heterocycles. The second-order valence-electron chi connectivity index (χ2n) is 6.45. The molecule has 2 aliphatic rings. The Morgan fingerprint density at radius 1 is 0.960 bits per heavy atom. The number of fused-ring (bicyclic) bond motifs is 1. The van der Waals surface area contributed by atoms with E-state index in [4.69, 9.17) is 16.4 Å². The minimum Gasteiger partial charge on any atom is -0.283 e. The van der Waals surface area contributed by atoms with Crippen LogP contribution in [0.15, 0.2) is 48.5 Å². The number of carbonyl (C=O) groups excluding carboxylic acids is 2. The molecule has 3 unspecified atom stereocenters. The van der Waals surface area contributed by atoms with Crippen molar-refractivity contribution in [1.82, 2.24) is 4.90 Å². The largest absolute Gasteiger partial charge is 0.283 e. The highest BCUT2D eigenvalue weighted by Crippen LogP contribution is 2.46. The summed E-state index contributed by atoms with van der Waals surface area (Å²) in [5.41, 5.74) is 2.82. The van der Waals surface area contributed by atoms with Crippen molar-refractivity contribution < 1.29 is 14.4 Å². The number of hydroxylamine groups is 1. The predicted molar refractivity (Wildman–Crippen MR) is 94.0 cm³/mol. The van der Waals surface area contributed by atoms with Crippen LogP contribution in [0.3, 0.4) is 0 Å². The molecule has 5 nitrogen and oxygen atoms in total. The first-order valence-corrected chi connectivity index (χ1v) is 8.45. The minimum absolute atomic E-state index is 0.211. The van der Waals surface area contributed by atoms with Crippen molar-refractivity contribution >= 4 is 29.1 Å². The van der Waals surface area contributed by atoms with Crippen molar-refractivity contribution in [2.24, 2.45) is 5.92 Å². The molecule has 6 heteroatoms. The lowest BCUT2D eigenvalue weighted by Crippen LogP contribution is -2.34. The third kappa shape index (κ3) is 2.51. The molecule has 2 heterocycles. The highest BCUT2D eigenvalue weighted by Gasteiger charge is 2.58. The highest BCUT2D eigenvalue weighted by atomic mass is 35.5. The molecular formula is C19H17ClN2O3. The number of imide groups is 1. The first kappa shape index (κ1) is 16.1. The Balaban J connectivity index is 1.80. The average molecular weight is 357 g/mol. The Hall–Kier alpha value is -2.37. The molecule has 2 aromatic rings. The van der Waals surface area contributed by atoms with Crippen molar-refractivity contribution in [1.29, 1.82) is 0 Å². The van der Waals surface area contributed by atoms with Crippen LogP contribution in [0.5, 0.6) is 0 Å². The van der Waals surface area contributed by atoms with Crippen molar-refractivity contribution in [3.8, 4) is 0 Å². The summed E-state index contributed by atoms with van der Waals surface area (Å²) in [6.45, 7) is 2.01. The fraction of sp³-hybridized carbons (Fsp3) is 0.263. The lowest BCUT2D eigenvalue weighted by molar-refractivity contribution is -0.141. The number of likely N-dealkylation sites (N-methyl/N-ethyl adjacent to an activating group) is 1. The van der Waals surface area contributed by atoms with E-state index in [1.165, 1.54) is 7.05 Å². The monoisotopic (exact) mass is 356 g/mol. The summed E-state index contributed by atoms with van der Waals surface area (Å²) in [6.07, 6.45) is -0.792. The predicted octanol–water partition coefficient (Wildman–Crippen LogP) is 3.12. The van der Waals surface area contributed by atoms with Gasteiger partial charge in [-0.2, -0.15) is 0 Å². The molecule has 3 atom stereocenters.